The minimum absolute atomic E-state index is 0.0945. The molecule has 4 aromatic rings. The Morgan fingerprint density at radius 2 is 1.98 bits per heavy atom. The lowest BCUT2D eigenvalue weighted by Crippen LogP contribution is -2.54. The van der Waals surface area contributed by atoms with E-state index in [4.69, 9.17) is 17.3 Å². The van der Waals surface area contributed by atoms with Gasteiger partial charge in [0, 0.05) is 56.6 Å². The Bertz CT molecular complexity index is 1800. The fourth-order valence-electron chi connectivity index (χ4n) is 5.37. The number of nitrogens with zero attached hydrogens (tertiary/aromatic N) is 6. The van der Waals surface area contributed by atoms with Crippen LogP contribution in [0.1, 0.15) is 31.1 Å². The highest BCUT2D eigenvalue weighted by Gasteiger charge is 2.27. The number of aromatic hydroxyl groups is 1. The number of aromatic nitrogens is 4. The van der Waals surface area contributed by atoms with E-state index in [2.05, 4.69) is 45.9 Å². The maximum atomic E-state index is 14.6. The summed E-state index contributed by atoms with van der Waals surface area (Å²) in [5, 5.41) is 13.1. The van der Waals surface area contributed by atoms with Gasteiger partial charge in [-0.3, -0.25) is 19.3 Å². The third-order valence-corrected chi connectivity index (χ3v) is 7.99. The van der Waals surface area contributed by atoms with Crippen LogP contribution in [0.25, 0.3) is 22.2 Å². The van der Waals surface area contributed by atoms with Crippen molar-refractivity contribution in [2.24, 2.45) is 12.8 Å². The number of pyridine rings is 1. The number of aryl methyl sites for hydroxylation is 1. The number of benzene rings is 1. The summed E-state index contributed by atoms with van der Waals surface area (Å²) in [6.07, 6.45) is 4.27. The molecule has 0 saturated carbocycles. The molecule has 1 fully saturated rings. The van der Waals surface area contributed by atoms with Crippen LogP contribution in [0.15, 0.2) is 41.7 Å². The summed E-state index contributed by atoms with van der Waals surface area (Å²) in [5.41, 5.74) is 5.26. The van der Waals surface area contributed by atoms with Crippen molar-refractivity contribution in [2.45, 2.75) is 39.4 Å². The molecule has 0 spiro atoms. The van der Waals surface area contributed by atoms with Crippen LogP contribution in [0.3, 0.4) is 0 Å². The second-order valence-corrected chi connectivity index (χ2v) is 11.4. The second kappa shape index (κ2) is 11.7. The molecule has 1 aromatic carbocycles. The molecule has 226 valence electrons. The third-order valence-electron chi connectivity index (χ3n) is 7.69. The molecule has 2 amide bonds. The van der Waals surface area contributed by atoms with Crippen molar-refractivity contribution in [3.05, 3.63) is 63.7 Å². The molecule has 1 aliphatic heterocycles. The predicted molar refractivity (Wildman–Crippen MR) is 162 cm³/mol. The number of rotatable bonds is 7. The molecular weight excluding hydrogens is 579 g/mol. The second-order valence-electron chi connectivity index (χ2n) is 11.0. The Morgan fingerprint density at radius 1 is 1.23 bits per heavy atom. The monoisotopic (exact) mass is 610 g/mol. The molecule has 43 heavy (non-hydrogen) atoms. The first kappa shape index (κ1) is 30.0. The maximum Gasteiger partial charge on any atom is 0.263 e. The van der Waals surface area contributed by atoms with Crippen molar-refractivity contribution in [2.75, 3.05) is 29.9 Å². The van der Waals surface area contributed by atoms with Crippen LogP contribution in [-0.2, 0) is 18.4 Å². The molecule has 1 saturated heterocycles. The number of nitrogens with two attached hydrogens (primary N) is 1. The van der Waals surface area contributed by atoms with Crippen molar-refractivity contribution in [3.63, 3.8) is 0 Å². The van der Waals surface area contributed by atoms with Gasteiger partial charge in [0.1, 0.15) is 18.0 Å². The summed E-state index contributed by atoms with van der Waals surface area (Å²) in [4.78, 5) is 51.6. The van der Waals surface area contributed by atoms with Gasteiger partial charge >= 0.3 is 0 Å². The smallest absolute Gasteiger partial charge is 0.263 e. The molecule has 0 radical (unpaired) electrons. The fraction of sp³-hybridized carbons (Fsp3) is 0.345. The first-order chi connectivity index (χ1) is 20.3. The quantitative estimate of drug-likeness (QED) is 0.289. The van der Waals surface area contributed by atoms with Crippen LogP contribution in [-0.4, -0.2) is 72.6 Å². The lowest BCUT2D eigenvalue weighted by molar-refractivity contribution is -0.116. The van der Waals surface area contributed by atoms with Gasteiger partial charge in [-0.05, 0) is 38.5 Å². The van der Waals surface area contributed by atoms with Gasteiger partial charge in [-0.2, -0.15) is 0 Å². The van der Waals surface area contributed by atoms with Gasteiger partial charge in [-0.25, -0.2) is 14.4 Å². The zero-order valence-electron chi connectivity index (χ0n) is 24.1. The largest absolute Gasteiger partial charge is 0.504 e. The number of amides is 2. The van der Waals surface area contributed by atoms with Gasteiger partial charge in [-0.1, -0.05) is 11.6 Å². The average Bonchev–Trinajstić information content (AvgIpc) is 3.31. The molecule has 0 bridgehead atoms. The van der Waals surface area contributed by atoms with E-state index in [0.29, 0.717) is 17.5 Å². The van der Waals surface area contributed by atoms with Gasteiger partial charge in [0.05, 0.1) is 34.2 Å². The lowest BCUT2D eigenvalue weighted by Gasteiger charge is -2.42. The van der Waals surface area contributed by atoms with Crippen LogP contribution >= 0.6 is 11.6 Å². The summed E-state index contributed by atoms with van der Waals surface area (Å²) >= 11 is 6.41. The third kappa shape index (κ3) is 5.77. The summed E-state index contributed by atoms with van der Waals surface area (Å²) in [6, 6.07) is 4.54. The van der Waals surface area contributed by atoms with E-state index in [1.54, 1.807) is 6.07 Å². The lowest BCUT2D eigenvalue weighted by atomic mass is 10.0. The minimum atomic E-state index is -1.09. The summed E-state index contributed by atoms with van der Waals surface area (Å²) < 4.78 is 17.2. The Labute approximate surface area is 251 Å². The minimum Gasteiger partial charge on any atom is -0.504 e. The van der Waals surface area contributed by atoms with Gasteiger partial charge in [0.15, 0.2) is 11.6 Å². The van der Waals surface area contributed by atoms with Gasteiger partial charge in [0.25, 0.3) is 11.5 Å². The SMILES string of the molecule is CC(C)N1CCN(c2cc(NC(=O)Cn3cc(-c4cc(F)c(O)c(C(N)=O)c4)c4c(=O)n(C)cnc43)c(Cl)cn2)[C@@H](C)C1. The number of carbonyl (C=O) groups is 2. The number of piperazine rings is 1. The Kier molecular flexibility index (Phi) is 8.12. The number of halogens is 2. The number of anilines is 2. The maximum absolute atomic E-state index is 14.6. The summed E-state index contributed by atoms with van der Waals surface area (Å²) in [7, 11) is 1.50. The van der Waals surface area contributed by atoms with Crippen molar-refractivity contribution < 1.29 is 19.1 Å². The van der Waals surface area contributed by atoms with E-state index < -0.39 is 34.5 Å². The van der Waals surface area contributed by atoms with Crippen LogP contribution in [0, 0.1) is 5.82 Å². The Balaban J connectivity index is 1.46. The number of fused-ring (bicyclic) bond motifs is 1. The molecule has 0 unspecified atom stereocenters. The molecule has 0 aliphatic carbocycles. The van der Waals surface area contributed by atoms with E-state index in [0.717, 1.165) is 25.7 Å². The molecule has 4 heterocycles. The number of carbonyl (C=O) groups excluding carboxylic acids is 2. The summed E-state index contributed by atoms with van der Waals surface area (Å²) in [5.74, 6) is -2.80. The van der Waals surface area contributed by atoms with Gasteiger partial charge in [0.2, 0.25) is 5.91 Å². The van der Waals surface area contributed by atoms with Crippen LogP contribution in [0.4, 0.5) is 15.9 Å². The van der Waals surface area contributed by atoms with Crippen LogP contribution in [0.5, 0.6) is 5.75 Å². The van der Waals surface area contributed by atoms with Crippen molar-refractivity contribution >= 4 is 46.0 Å². The molecule has 14 heteroatoms. The highest BCUT2D eigenvalue weighted by molar-refractivity contribution is 6.33. The number of primary amides is 1. The van der Waals surface area contributed by atoms with E-state index in [1.165, 1.54) is 41.0 Å². The van der Waals surface area contributed by atoms with E-state index >= 15 is 0 Å². The van der Waals surface area contributed by atoms with E-state index in [9.17, 15) is 23.9 Å². The van der Waals surface area contributed by atoms with Crippen LogP contribution < -0.4 is 21.5 Å². The van der Waals surface area contributed by atoms with Crippen molar-refractivity contribution in [1.29, 1.82) is 0 Å². The molecule has 1 atom stereocenters. The average molecular weight is 611 g/mol. The number of phenols is 1. The zero-order valence-corrected chi connectivity index (χ0v) is 24.9. The normalized spacial score (nSPS) is 15.8. The molecule has 12 nitrogen and oxygen atoms in total. The number of nitrogens with one attached hydrogen (secondary N) is 1. The first-order valence-corrected chi connectivity index (χ1v) is 14.1. The van der Waals surface area contributed by atoms with Crippen LogP contribution in [0.2, 0.25) is 5.02 Å². The van der Waals surface area contributed by atoms with E-state index in [-0.39, 0.29) is 39.8 Å². The van der Waals surface area contributed by atoms with Gasteiger partial charge < -0.3 is 30.2 Å². The highest BCUT2D eigenvalue weighted by atomic mass is 35.5. The summed E-state index contributed by atoms with van der Waals surface area (Å²) in [6.45, 7) is 8.74. The topological polar surface area (TPSA) is 152 Å². The number of hydrogen-bond donors (Lipinski definition) is 3. The van der Waals surface area contributed by atoms with Crippen molar-refractivity contribution in [1.82, 2.24) is 24.0 Å². The Hall–Kier alpha value is -4.49. The predicted octanol–water partition coefficient (Wildman–Crippen LogP) is 2.95. The highest BCUT2D eigenvalue weighted by Crippen LogP contribution is 2.33. The van der Waals surface area contributed by atoms with Crippen molar-refractivity contribution in [3.8, 4) is 16.9 Å². The molecule has 1 aliphatic rings. The molecule has 5 rings (SSSR count). The number of hydrogen-bond acceptors (Lipinski definition) is 8. The standard InChI is InChI=1S/C29H32ClFN8O4/c1-15(2)37-5-6-39(16(3)11-37)23-9-22(20(30)10-33-23)35-24(40)13-38-12-19(25-28(38)34-14-36(4)29(25)43)17-7-18(27(32)42)26(41)21(31)8-17/h7-10,12,14-16,41H,5-6,11,13H2,1-4H3,(H2,32,42)(H,33,35,40)/t16-/m0/s1. The first-order valence-electron chi connectivity index (χ1n) is 13.7. The van der Waals surface area contributed by atoms with E-state index in [1.807, 2.05) is 0 Å². The molecule has 4 N–H and O–H groups in total. The Morgan fingerprint density at radius 3 is 2.65 bits per heavy atom. The van der Waals surface area contributed by atoms with Gasteiger partial charge in [-0.15, -0.1) is 0 Å². The molecular formula is C29H32ClFN8O4. The molecule has 3 aromatic heterocycles. The zero-order chi connectivity index (χ0) is 31.2. The fourth-order valence-corrected chi connectivity index (χ4v) is 5.52.